The molecule has 0 aromatic heterocycles. The summed E-state index contributed by atoms with van der Waals surface area (Å²) in [5.74, 6) is 0. The molecular weight excluding hydrogens is 262 g/mol. The molecule has 0 saturated heterocycles. The van der Waals surface area contributed by atoms with Crippen LogP contribution in [0, 0.1) is 0 Å². The van der Waals surface area contributed by atoms with Crippen LogP contribution in [0.2, 0.25) is 0 Å². The van der Waals surface area contributed by atoms with E-state index in [1.54, 1.807) is 7.05 Å². The van der Waals surface area contributed by atoms with Gasteiger partial charge in [0.25, 0.3) is 0 Å². The molecule has 0 bridgehead atoms. The van der Waals surface area contributed by atoms with E-state index in [1.807, 2.05) is 32.0 Å². The summed E-state index contributed by atoms with van der Waals surface area (Å²) in [6, 6.07) is 5.68. The van der Waals surface area contributed by atoms with E-state index in [9.17, 15) is 8.42 Å². The molecule has 0 radical (unpaired) electrons. The number of nitrogens with one attached hydrogen (secondary N) is 2. The third-order valence-corrected chi connectivity index (χ3v) is 5.14. The molecule has 2 N–H and O–H groups in total. The molecule has 0 unspecified atom stereocenters. The van der Waals surface area contributed by atoms with E-state index < -0.39 is 10.2 Å². The van der Waals surface area contributed by atoms with Crippen LogP contribution in [0.5, 0.6) is 0 Å². The first-order chi connectivity index (χ1) is 8.92. The summed E-state index contributed by atoms with van der Waals surface area (Å²) < 4.78 is 28.5. The number of anilines is 1. The van der Waals surface area contributed by atoms with Crippen molar-refractivity contribution in [3.8, 4) is 0 Å². The van der Waals surface area contributed by atoms with Crippen LogP contribution in [-0.2, 0) is 23.2 Å². The highest BCUT2D eigenvalue weighted by Gasteiger charge is 2.22. The van der Waals surface area contributed by atoms with Crippen LogP contribution >= 0.6 is 0 Å². The lowest BCUT2D eigenvalue weighted by atomic mass is 9.99. The lowest BCUT2D eigenvalue weighted by molar-refractivity contribution is 0.414. The molecule has 1 aliphatic heterocycles. The molecule has 1 aromatic rings. The number of hydrogen-bond donors (Lipinski definition) is 2. The van der Waals surface area contributed by atoms with Gasteiger partial charge in [0.05, 0.1) is 5.69 Å². The van der Waals surface area contributed by atoms with E-state index in [1.165, 1.54) is 9.87 Å². The predicted octanol–water partition coefficient (Wildman–Crippen LogP) is 1.33. The Labute approximate surface area is 115 Å². The van der Waals surface area contributed by atoms with Crippen LogP contribution in [0.15, 0.2) is 18.2 Å². The minimum Gasteiger partial charge on any atom is -0.312 e. The van der Waals surface area contributed by atoms with Gasteiger partial charge in [-0.15, -0.1) is 0 Å². The first kappa shape index (κ1) is 14.3. The Morgan fingerprint density at radius 1 is 1.37 bits per heavy atom. The average molecular weight is 283 g/mol. The molecule has 0 amide bonds. The van der Waals surface area contributed by atoms with Gasteiger partial charge in [0.1, 0.15) is 0 Å². The van der Waals surface area contributed by atoms with E-state index in [-0.39, 0.29) is 6.04 Å². The van der Waals surface area contributed by atoms with Crippen molar-refractivity contribution in [2.75, 3.05) is 18.3 Å². The van der Waals surface area contributed by atoms with Crippen molar-refractivity contribution in [2.45, 2.75) is 32.9 Å². The Morgan fingerprint density at radius 3 is 2.79 bits per heavy atom. The maximum atomic E-state index is 12.2. The highest BCUT2D eigenvalue weighted by molar-refractivity contribution is 7.90. The summed E-state index contributed by atoms with van der Waals surface area (Å²) in [5, 5.41) is 3.28. The van der Waals surface area contributed by atoms with E-state index in [0.29, 0.717) is 5.69 Å². The van der Waals surface area contributed by atoms with Crippen LogP contribution in [0.4, 0.5) is 5.69 Å². The number of rotatable bonds is 4. The SMILES string of the molecule is CC(C)N(C)S(=O)(=O)Nc1cccc2c1CCNC2. The molecule has 2 rings (SSSR count). The molecule has 5 nitrogen and oxygen atoms in total. The quantitative estimate of drug-likeness (QED) is 0.876. The second kappa shape index (κ2) is 5.48. The normalized spacial score (nSPS) is 15.6. The maximum Gasteiger partial charge on any atom is 0.301 e. The summed E-state index contributed by atoms with van der Waals surface area (Å²) in [7, 11) is -1.90. The van der Waals surface area contributed by atoms with Crippen molar-refractivity contribution < 1.29 is 8.42 Å². The summed E-state index contributed by atoms with van der Waals surface area (Å²) in [4.78, 5) is 0. The van der Waals surface area contributed by atoms with Gasteiger partial charge in [0.15, 0.2) is 0 Å². The van der Waals surface area contributed by atoms with Gasteiger partial charge in [-0.1, -0.05) is 12.1 Å². The zero-order valence-electron chi connectivity index (χ0n) is 11.6. The number of hydrogen-bond acceptors (Lipinski definition) is 3. The standard InChI is InChI=1S/C13H21N3O2S/c1-10(2)16(3)19(17,18)15-13-6-4-5-11-9-14-8-7-12(11)13/h4-6,10,14-15H,7-9H2,1-3H3. The Balaban J connectivity index is 2.29. The minimum atomic E-state index is -3.48. The van der Waals surface area contributed by atoms with Crippen LogP contribution in [-0.4, -0.2) is 32.4 Å². The Bertz CT molecular complexity index is 555. The largest absolute Gasteiger partial charge is 0.312 e. The summed E-state index contributed by atoms with van der Waals surface area (Å²) >= 11 is 0. The second-order valence-electron chi connectivity index (χ2n) is 5.09. The molecule has 6 heteroatoms. The van der Waals surface area contributed by atoms with Gasteiger partial charge in [-0.25, -0.2) is 0 Å². The van der Waals surface area contributed by atoms with E-state index in [4.69, 9.17) is 0 Å². The van der Waals surface area contributed by atoms with Crippen molar-refractivity contribution in [2.24, 2.45) is 0 Å². The fourth-order valence-corrected chi connectivity index (χ4v) is 3.28. The van der Waals surface area contributed by atoms with Gasteiger partial charge in [0.2, 0.25) is 0 Å². The molecule has 0 saturated carbocycles. The van der Waals surface area contributed by atoms with Crippen molar-refractivity contribution in [3.63, 3.8) is 0 Å². The van der Waals surface area contributed by atoms with Crippen LogP contribution < -0.4 is 10.0 Å². The van der Waals surface area contributed by atoms with E-state index >= 15 is 0 Å². The first-order valence-corrected chi connectivity index (χ1v) is 7.93. The van der Waals surface area contributed by atoms with Gasteiger partial charge in [-0.3, -0.25) is 4.72 Å². The van der Waals surface area contributed by atoms with Crippen molar-refractivity contribution in [1.29, 1.82) is 0 Å². The zero-order valence-corrected chi connectivity index (χ0v) is 12.4. The van der Waals surface area contributed by atoms with Crippen LogP contribution in [0.1, 0.15) is 25.0 Å². The van der Waals surface area contributed by atoms with Gasteiger partial charge in [-0.05, 0) is 44.0 Å². The lowest BCUT2D eigenvalue weighted by Crippen LogP contribution is -2.38. The van der Waals surface area contributed by atoms with Gasteiger partial charge >= 0.3 is 10.2 Å². The number of fused-ring (bicyclic) bond motifs is 1. The maximum absolute atomic E-state index is 12.2. The number of benzene rings is 1. The van der Waals surface area contributed by atoms with Crippen molar-refractivity contribution in [1.82, 2.24) is 9.62 Å². The molecule has 106 valence electrons. The van der Waals surface area contributed by atoms with Crippen LogP contribution in [0.25, 0.3) is 0 Å². The van der Waals surface area contributed by atoms with Crippen molar-refractivity contribution in [3.05, 3.63) is 29.3 Å². The van der Waals surface area contributed by atoms with Gasteiger partial charge < -0.3 is 5.32 Å². The third kappa shape index (κ3) is 3.08. The molecule has 0 atom stereocenters. The fraction of sp³-hybridized carbons (Fsp3) is 0.538. The van der Waals surface area contributed by atoms with E-state index in [0.717, 1.165) is 25.1 Å². The molecule has 1 aliphatic rings. The van der Waals surface area contributed by atoms with Crippen molar-refractivity contribution >= 4 is 15.9 Å². The predicted molar refractivity (Wildman–Crippen MR) is 77.3 cm³/mol. The molecule has 0 aliphatic carbocycles. The smallest absolute Gasteiger partial charge is 0.301 e. The highest BCUT2D eigenvalue weighted by Crippen LogP contribution is 2.24. The zero-order chi connectivity index (χ0) is 14.0. The molecule has 19 heavy (non-hydrogen) atoms. The van der Waals surface area contributed by atoms with Gasteiger partial charge in [-0.2, -0.15) is 12.7 Å². The lowest BCUT2D eigenvalue weighted by Gasteiger charge is -2.25. The second-order valence-corrected chi connectivity index (χ2v) is 6.82. The third-order valence-electron chi connectivity index (χ3n) is 3.49. The monoisotopic (exact) mass is 283 g/mol. The topological polar surface area (TPSA) is 61.4 Å². The van der Waals surface area contributed by atoms with Gasteiger partial charge in [0, 0.05) is 19.6 Å². The number of nitrogens with zero attached hydrogens (tertiary/aromatic N) is 1. The Morgan fingerprint density at radius 2 is 2.11 bits per heavy atom. The molecule has 0 spiro atoms. The Kier molecular flexibility index (Phi) is 4.13. The fourth-order valence-electron chi connectivity index (χ4n) is 2.12. The molecular formula is C13H21N3O2S. The minimum absolute atomic E-state index is 0.0706. The van der Waals surface area contributed by atoms with E-state index in [2.05, 4.69) is 10.0 Å². The average Bonchev–Trinajstić information content (AvgIpc) is 2.38. The Hall–Kier alpha value is -1.11. The summed E-state index contributed by atoms with van der Waals surface area (Å²) in [6.07, 6.45) is 0.847. The molecule has 1 aromatic carbocycles. The highest BCUT2D eigenvalue weighted by atomic mass is 32.2. The first-order valence-electron chi connectivity index (χ1n) is 6.49. The molecule has 1 heterocycles. The summed E-state index contributed by atoms with van der Waals surface area (Å²) in [5.41, 5.74) is 2.96. The van der Waals surface area contributed by atoms with Crippen LogP contribution in [0.3, 0.4) is 0 Å². The molecule has 0 fully saturated rings. The summed E-state index contributed by atoms with van der Waals surface area (Å²) in [6.45, 7) is 5.38.